The van der Waals surface area contributed by atoms with E-state index in [4.69, 9.17) is 14.2 Å². The summed E-state index contributed by atoms with van der Waals surface area (Å²) < 4.78 is 15.9. The number of nitrogens with one attached hydrogen (secondary N) is 1. The summed E-state index contributed by atoms with van der Waals surface area (Å²) in [6, 6.07) is 5.92. The van der Waals surface area contributed by atoms with Gasteiger partial charge in [0.1, 0.15) is 11.4 Å². The number of piperazine rings is 1. The first kappa shape index (κ1) is 22.6. The van der Waals surface area contributed by atoms with E-state index in [0.717, 1.165) is 24.5 Å². The number of carbonyl (C=O) groups is 2. The highest BCUT2D eigenvalue weighted by Gasteiger charge is 2.26. The van der Waals surface area contributed by atoms with Gasteiger partial charge in [0.25, 0.3) is 0 Å². The number of ether oxygens (including phenoxy) is 3. The zero-order valence-corrected chi connectivity index (χ0v) is 18.1. The van der Waals surface area contributed by atoms with E-state index in [9.17, 15) is 9.59 Å². The van der Waals surface area contributed by atoms with Gasteiger partial charge in [-0.3, -0.25) is 4.79 Å². The second-order valence-electron chi connectivity index (χ2n) is 7.82. The van der Waals surface area contributed by atoms with Crippen LogP contribution in [0.25, 0.3) is 0 Å². The second-order valence-corrected chi connectivity index (χ2v) is 7.82. The fourth-order valence-electron chi connectivity index (χ4n) is 3.03. The van der Waals surface area contributed by atoms with Gasteiger partial charge < -0.3 is 29.3 Å². The molecule has 1 N–H and O–H groups in total. The molecule has 1 aliphatic rings. The molecule has 1 heterocycles. The molecule has 1 amide bonds. The summed E-state index contributed by atoms with van der Waals surface area (Å²) in [7, 11) is 1.62. The van der Waals surface area contributed by atoms with Gasteiger partial charge in [-0.2, -0.15) is 0 Å². The molecule has 8 heteroatoms. The Kier molecular flexibility index (Phi) is 7.99. The Balaban J connectivity index is 1.91. The predicted octanol–water partition coefficient (Wildman–Crippen LogP) is 3.12. The maximum absolute atomic E-state index is 12.2. The number of hydrogen-bond acceptors (Lipinski definition) is 7. The minimum Gasteiger partial charge on any atom is -0.495 e. The molecule has 162 valence electrons. The van der Waals surface area contributed by atoms with Gasteiger partial charge in [-0.15, -0.1) is 0 Å². The molecular weight excluding hydrogens is 374 g/mol. The molecule has 0 bridgehead atoms. The smallest absolute Gasteiger partial charge is 0.410 e. The summed E-state index contributed by atoms with van der Waals surface area (Å²) in [6.07, 6.45) is 0.0293. The molecule has 0 spiro atoms. The van der Waals surface area contributed by atoms with Crippen molar-refractivity contribution in [3.05, 3.63) is 18.2 Å². The van der Waals surface area contributed by atoms with Crippen LogP contribution < -0.4 is 15.0 Å². The summed E-state index contributed by atoms with van der Waals surface area (Å²) in [4.78, 5) is 27.6. The number of anilines is 2. The Morgan fingerprint density at radius 2 is 1.83 bits per heavy atom. The van der Waals surface area contributed by atoms with Crippen LogP contribution in [0.5, 0.6) is 5.75 Å². The van der Waals surface area contributed by atoms with Gasteiger partial charge in [0, 0.05) is 44.5 Å². The summed E-state index contributed by atoms with van der Waals surface area (Å²) >= 11 is 0. The molecule has 1 saturated heterocycles. The van der Waals surface area contributed by atoms with Crippen molar-refractivity contribution in [1.82, 2.24) is 4.90 Å². The van der Waals surface area contributed by atoms with Gasteiger partial charge in [0.05, 0.1) is 25.8 Å². The van der Waals surface area contributed by atoms with Crippen LogP contribution in [0.4, 0.5) is 16.2 Å². The van der Waals surface area contributed by atoms with Crippen molar-refractivity contribution < 1.29 is 23.8 Å². The standard InChI is InChI=1S/C21H33N3O5/c1-6-28-19(25)9-10-22-17-8-7-16(15-18(17)27-5)23-11-13-24(14-12-23)20(26)29-21(2,3)4/h7-8,15,22H,6,9-14H2,1-5H3. The molecule has 0 radical (unpaired) electrons. The van der Waals surface area contributed by atoms with E-state index < -0.39 is 5.60 Å². The van der Waals surface area contributed by atoms with Crippen molar-refractivity contribution in [2.75, 3.05) is 56.7 Å². The third kappa shape index (κ3) is 7.03. The van der Waals surface area contributed by atoms with Gasteiger partial charge in [-0.05, 0) is 39.8 Å². The molecule has 2 rings (SSSR count). The molecule has 1 fully saturated rings. The van der Waals surface area contributed by atoms with Crippen LogP contribution in [-0.4, -0.2) is 69.0 Å². The Bertz CT molecular complexity index is 694. The Morgan fingerprint density at radius 1 is 1.14 bits per heavy atom. The molecular formula is C21H33N3O5. The normalized spacial score (nSPS) is 14.4. The lowest BCUT2D eigenvalue weighted by atomic mass is 10.2. The molecule has 0 aliphatic carbocycles. The van der Waals surface area contributed by atoms with Crippen molar-refractivity contribution in [3.63, 3.8) is 0 Å². The van der Waals surface area contributed by atoms with E-state index in [1.54, 1.807) is 18.9 Å². The van der Waals surface area contributed by atoms with E-state index in [0.29, 0.717) is 38.4 Å². The first-order valence-corrected chi connectivity index (χ1v) is 10.0. The number of nitrogens with zero attached hydrogens (tertiary/aromatic N) is 2. The highest BCUT2D eigenvalue weighted by atomic mass is 16.6. The molecule has 1 aromatic rings. The summed E-state index contributed by atoms with van der Waals surface area (Å²) in [5, 5.41) is 3.21. The van der Waals surface area contributed by atoms with Crippen LogP contribution in [0.2, 0.25) is 0 Å². The first-order valence-electron chi connectivity index (χ1n) is 10.0. The summed E-state index contributed by atoms with van der Waals surface area (Å²) in [5.41, 5.74) is 1.37. The van der Waals surface area contributed by atoms with Crippen LogP contribution in [0, 0.1) is 0 Å². The van der Waals surface area contributed by atoms with E-state index in [2.05, 4.69) is 10.2 Å². The quantitative estimate of drug-likeness (QED) is 0.696. The Labute approximate surface area is 173 Å². The zero-order chi connectivity index (χ0) is 21.4. The average Bonchev–Trinajstić information content (AvgIpc) is 2.67. The first-order chi connectivity index (χ1) is 13.7. The highest BCUT2D eigenvalue weighted by Crippen LogP contribution is 2.30. The summed E-state index contributed by atoms with van der Waals surface area (Å²) in [6.45, 7) is 10.9. The van der Waals surface area contributed by atoms with E-state index in [1.807, 2.05) is 39.0 Å². The maximum Gasteiger partial charge on any atom is 0.410 e. The highest BCUT2D eigenvalue weighted by molar-refractivity contribution is 5.71. The third-order valence-electron chi connectivity index (χ3n) is 4.43. The minimum absolute atomic E-state index is 0.224. The van der Waals surface area contributed by atoms with E-state index in [1.165, 1.54) is 0 Å². The monoisotopic (exact) mass is 407 g/mol. The van der Waals surface area contributed by atoms with E-state index in [-0.39, 0.29) is 12.1 Å². The van der Waals surface area contributed by atoms with Crippen molar-refractivity contribution in [3.8, 4) is 5.75 Å². The fourth-order valence-corrected chi connectivity index (χ4v) is 3.03. The fraction of sp³-hybridized carbons (Fsp3) is 0.619. The van der Waals surface area contributed by atoms with Gasteiger partial charge in [-0.25, -0.2) is 4.79 Å². The maximum atomic E-state index is 12.2. The topological polar surface area (TPSA) is 80.3 Å². The Hall–Kier alpha value is -2.64. The predicted molar refractivity (Wildman–Crippen MR) is 113 cm³/mol. The number of esters is 1. The van der Waals surface area contributed by atoms with Crippen molar-refractivity contribution >= 4 is 23.4 Å². The van der Waals surface area contributed by atoms with Crippen LogP contribution in [0.1, 0.15) is 34.1 Å². The van der Waals surface area contributed by atoms with Gasteiger partial charge in [-0.1, -0.05) is 0 Å². The number of hydrogen-bond donors (Lipinski definition) is 1. The van der Waals surface area contributed by atoms with Gasteiger partial charge in [0.15, 0.2) is 0 Å². The minimum atomic E-state index is -0.488. The average molecular weight is 408 g/mol. The van der Waals surface area contributed by atoms with Crippen LogP contribution in [0.15, 0.2) is 18.2 Å². The lowest BCUT2D eigenvalue weighted by molar-refractivity contribution is -0.142. The Morgan fingerprint density at radius 3 is 2.41 bits per heavy atom. The van der Waals surface area contributed by atoms with Crippen LogP contribution in [-0.2, 0) is 14.3 Å². The number of benzene rings is 1. The number of rotatable bonds is 7. The second kappa shape index (κ2) is 10.2. The van der Waals surface area contributed by atoms with Crippen LogP contribution in [0.3, 0.4) is 0 Å². The molecule has 29 heavy (non-hydrogen) atoms. The third-order valence-corrected chi connectivity index (χ3v) is 4.43. The molecule has 1 aliphatic heterocycles. The molecule has 0 unspecified atom stereocenters. The molecule has 8 nitrogen and oxygen atoms in total. The molecule has 0 atom stereocenters. The summed E-state index contributed by atoms with van der Waals surface area (Å²) in [5.74, 6) is 0.486. The largest absolute Gasteiger partial charge is 0.495 e. The SMILES string of the molecule is CCOC(=O)CCNc1ccc(N2CCN(C(=O)OC(C)(C)C)CC2)cc1OC. The van der Waals surface area contributed by atoms with Crippen LogP contribution >= 0.6 is 0 Å². The molecule has 0 saturated carbocycles. The van der Waals surface area contributed by atoms with Gasteiger partial charge >= 0.3 is 12.1 Å². The lowest BCUT2D eigenvalue weighted by Crippen LogP contribution is -2.50. The zero-order valence-electron chi connectivity index (χ0n) is 18.1. The number of methoxy groups -OCH3 is 1. The van der Waals surface area contributed by atoms with Crippen molar-refractivity contribution in [2.24, 2.45) is 0 Å². The lowest BCUT2D eigenvalue weighted by Gasteiger charge is -2.37. The van der Waals surface area contributed by atoms with Crippen molar-refractivity contribution in [2.45, 2.75) is 39.7 Å². The van der Waals surface area contributed by atoms with Gasteiger partial charge in [0.2, 0.25) is 0 Å². The van der Waals surface area contributed by atoms with E-state index >= 15 is 0 Å². The molecule has 1 aromatic carbocycles. The van der Waals surface area contributed by atoms with Crippen molar-refractivity contribution in [1.29, 1.82) is 0 Å². The molecule has 0 aromatic heterocycles. The number of carbonyl (C=O) groups excluding carboxylic acids is 2. The number of amides is 1.